The molecule has 0 aromatic heterocycles. The minimum Gasteiger partial charge on any atom is -0.481 e. The smallest absolute Gasteiger partial charge is 0.317 e. The minimum atomic E-state index is -0.783. The van der Waals surface area contributed by atoms with Crippen LogP contribution in [0, 0.1) is 35.5 Å². The van der Waals surface area contributed by atoms with Crippen LogP contribution in [-0.4, -0.2) is 41.1 Å². The van der Waals surface area contributed by atoms with Crippen LogP contribution in [0.2, 0.25) is 0 Å². The predicted molar refractivity (Wildman–Crippen MR) is 72.0 cm³/mol. The molecular formula is C15H22N2O3. The van der Waals surface area contributed by atoms with Gasteiger partial charge in [0.1, 0.15) is 0 Å². The number of fused-ring (bicyclic) bond motifs is 5. The molecular weight excluding hydrogens is 256 g/mol. The van der Waals surface area contributed by atoms with Crippen LogP contribution in [0.1, 0.15) is 26.2 Å². The molecule has 1 heterocycles. The van der Waals surface area contributed by atoms with Gasteiger partial charge in [-0.2, -0.15) is 0 Å². The number of rotatable bonds is 2. The lowest BCUT2D eigenvalue weighted by atomic mass is 9.99. The van der Waals surface area contributed by atoms with Gasteiger partial charge < -0.3 is 15.3 Å². The number of likely N-dealkylation sites (tertiary alicyclic amines) is 1. The normalized spacial score (nSPS) is 48.2. The maximum absolute atomic E-state index is 12.3. The van der Waals surface area contributed by atoms with Gasteiger partial charge in [-0.15, -0.1) is 0 Å². The Balaban J connectivity index is 1.35. The molecule has 1 aliphatic heterocycles. The second-order valence-corrected chi connectivity index (χ2v) is 7.29. The number of hydrogen-bond donors (Lipinski definition) is 2. The summed E-state index contributed by atoms with van der Waals surface area (Å²) in [5.41, 5.74) is 0. The largest absolute Gasteiger partial charge is 0.481 e. The molecule has 110 valence electrons. The third-order valence-electron chi connectivity index (χ3n) is 6.24. The Morgan fingerprint density at radius 1 is 1.15 bits per heavy atom. The van der Waals surface area contributed by atoms with E-state index in [1.807, 2.05) is 6.92 Å². The summed E-state index contributed by atoms with van der Waals surface area (Å²) in [4.78, 5) is 25.1. The van der Waals surface area contributed by atoms with E-state index in [-0.39, 0.29) is 11.9 Å². The fourth-order valence-corrected chi connectivity index (χ4v) is 5.21. The zero-order valence-electron chi connectivity index (χ0n) is 11.8. The molecule has 0 radical (unpaired) electrons. The average molecular weight is 278 g/mol. The van der Waals surface area contributed by atoms with Gasteiger partial charge in [0.2, 0.25) is 0 Å². The number of carbonyl (C=O) groups is 2. The van der Waals surface area contributed by atoms with E-state index in [9.17, 15) is 9.59 Å². The molecule has 2 N–H and O–H groups in total. The summed E-state index contributed by atoms with van der Waals surface area (Å²) in [5.74, 6) is 2.01. The summed E-state index contributed by atoms with van der Waals surface area (Å²) in [6.45, 7) is 2.84. The van der Waals surface area contributed by atoms with Crippen molar-refractivity contribution in [2.45, 2.75) is 32.2 Å². The van der Waals surface area contributed by atoms with Crippen molar-refractivity contribution in [1.29, 1.82) is 0 Å². The maximum atomic E-state index is 12.3. The van der Waals surface area contributed by atoms with E-state index in [4.69, 9.17) is 5.11 Å². The standard InChI is InChI=1S/C15H22N2O3/c1-7-5-17(6-10(7)14(18)19)15(20)16-13-11-8-2-3-9(4-8)12(11)13/h7-13H,2-6H2,1H3,(H,16,20)(H,18,19). The number of nitrogens with zero attached hydrogens (tertiary/aromatic N) is 1. The minimum absolute atomic E-state index is 0.0422. The van der Waals surface area contributed by atoms with E-state index in [1.54, 1.807) is 4.90 Å². The van der Waals surface area contributed by atoms with Crippen molar-refractivity contribution in [2.75, 3.05) is 13.1 Å². The Morgan fingerprint density at radius 2 is 1.80 bits per heavy atom. The van der Waals surface area contributed by atoms with Gasteiger partial charge in [-0.25, -0.2) is 4.79 Å². The Hall–Kier alpha value is -1.26. The zero-order valence-corrected chi connectivity index (χ0v) is 11.8. The fourth-order valence-electron chi connectivity index (χ4n) is 5.21. The van der Waals surface area contributed by atoms with Gasteiger partial charge in [0.05, 0.1) is 5.92 Å². The van der Waals surface area contributed by atoms with Gasteiger partial charge in [-0.1, -0.05) is 6.92 Å². The van der Waals surface area contributed by atoms with Crippen molar-refractivity contribution in [3.8, 4) is 0 Å². The lowest BCUT2D eigenvalue weighted by Gasteiger charge is -2.18. The summed E-state index contributed by atoms with van der Waals surface area (Å²) in [5, 5.41) is 12.3. The third kappa shape index (κ3) is 1.68. The van der Waals surface area contributed by atoms with Crippen molar-refractivity contribution in [2.24, 2.45) is 35.5 Å². The maximum Gasteiger partial charge on any atom is 0.317 e. The first-order valence-electron chi connectivity index (χ1n) is 7.84. The van der Waals surface area contributed by atoms with E-state index in [0.29, 0.717) is 19.1 Å². The number of amides is 2. The number of aliphatic carboxylic acids is 1. The van der Waals surface area contributed by atoms with Gasteiger partial charge in [0, 0.05) is 19.1 Å². The molecule has 4 aliphatic rings. The second kappa shape index (κ2) is 4.12. The van der Waals surface area contributed by atoms with E-state index < -0.39 is 11.9 Å². The SMILES string of the molecule is CC1CN(C(=O)NC2C3C4CCC(C4)C23)CC1C(=O)O. The first kappa shape index (κ1) is 12.5. The number of carbonyl (C=O) groups excluding carboxylic acids is 1. The first-order chi connectivity index (χ1) is 9.56. The molecule has 5 nitrogen and oxygen atoms in total. The van der Waals surface area contributed by atoms with Gasteiger partial charge in [0.25, 0.3) is 0 Å². The Bertz CT molecular complexity index is 450. The van der Waals surface area contributed by atoms with Gasteiger partial charge in [-0.3, -0.25) is 4.79 Å². The Morgan fingerprint density at radius 3 is 2.35 bits per heavy atom. The molecule has 2 bridgehead atoms. The van der Waals surface area contributed by atoms with E-state index in [0.717, 1.165) is 23.7 Å². The zero-order chi connectivity index (χ0) is 14.0. The second-order valence-electron chi connectivity index (χ2n) is 7.29. The molecule has 0 aromatic carbocycles. The van der Waals surface area contributed by atoms with Crippen molar-refractivity contribution in [3.63, 3.8) is 0 Å². The summed E-state index contributed by atoms with van der Waals surface area (Å²) in [6, 6.07) is 0.340. The average Bonchev–Trinajstić information content (AvgIpc) is 2.81. The van der Waals surface area contributed by atoms with Crippen LogP contribution in [-0.2, 0) is 4.79 Å². The van der Waals surface area contributed by atoms with E-state index in [1.165, 1.54) is 19.3 Å². The van der Waals surface area contributed by atoms with Gasteiger partial charge in [0.15, 0.2) is 0 Å². The molecule has 0 spiro atoms. The lowest BCUT2D eigenvalue weighted by Crippen LogP contribution is -2.41. The third-order valence-corrected chi connectivity index (χ3v) is 6.24. The van der Waals surface area contributed by atoms with Crippen LogP contribution in [0.25, 0.3) is 0 Å². The molecule has 6 atom stereocenters. The Labute approximate surface area is 118 Å². The predicted octanol–water partition coefficient (Wildman–Crippen LogP) is 1.39. The van der Waals surface area contributed by atoms with E-state index in [2.05, 4.69) is 5.32 Å². The molecule has 20 heavy (non-hydrogen) atoms. The molecule has 3 aliphatic carbocycles. The van der Waals surface area contributed by atoms with Crippen molar-refractivity contribution in [1.82, 2.24) is 10.2 Å². The fraction of sp³-hybridized carbons (Fsp3) is 0.867. The Kier molecular flexibility index (Phi) is 2.57. The summed E-state index contributed by atoms with van der Waals surface area (Å²) < 4.78 is 0. The van der Waals surface area contributed by atoms with Gasteiger partial charge in [-0.05, 0) is 48.9 Å². The number of carboxylic acid groups (broad SMARTS) is 1. The molecule has 1 saturated heterocycles. The molecule has 4 fully saturated rings. The lowest BCUT2D eigenvalue weighted by molar-refractivity contribution is -0.142. The van der Waals surface area contributed by atoms with Crippen LogP contribution in [0.3, 0.4) is 0 Å². The quantitative estimate of drug-likeness (QED) is 0.802. The van der Waals surface area contributed by atoms with Crippen molar-refractivity contribution < 1.29 is 14.7 Å². The molecule has 0 aromatic rings. The highest BCUT2D eigenvalue weighted by atomic mass is 16.4. The summed E-state index contributed by atoms with van der Waals surface area (Å²) in [6.07, 6.45) is 4.07. The molecule has 6 unspecified atom stereocenters. The van der Waals surface area contributed by atoms with Gasteiger partial charge >= 0.3 is 12.0 Å². The highest BCUT2D eigenvalue weighted by molar-refractivity contribution is 5.78. The molecule has 5 heteroatoms. The van der Waals surface area contributed by atoms with Crippen molar-refractivity contribution in [3.05, 3.63) is 0 Å². The van der Waals surface area contributed by atoms with Crippen LogP contribution < -0.4 is 5.32 Å². The topological polar surface area (TPSA) is 69.6 Å². The molecule has 2 amide bonds. The van der Waals surface area contributed by atoms with E-state index >= 15 is 0 Å². The number of urea groups is 1. The molecule has 4 rings (SSSR count). The number of hydrogen-bond acceptors (Lipinski definition) is 2. The highest BCUT2D eigenvalue weighted by Crippen LogP contribution is 2.65. The van der Waals surface area contributed by atoms with Crippen LogP contribution in [0.5, 0.6) is 0 Å². The highest BCUT2D eigenvalue weighted by Gasteiger charge is 2.65. The summed E-state index contributed by atoms with van der Waals surface area (Å²) >= 11 is 0. The number of carboxylic acids is 1. The van der Waals surface area contributed by atoms with Crippen LogP contribution in [0.4, 0.5) is 4.79 Å². The van der Waals surface area contributed by atoms with Crippen LogP contribution >= 0.6 is 0 Å². The summed E-state index contributed by atoms with van der Waals surface area (Å²) in [7, 11) is 0. The molecule has 3 saturated carbocycles. The van der Waals surface area contributed by atoms with Crippen molar-refractivity contribution >= 4 is 12.0 Å². The van der Waals surface area contributed by atoms with Crippen LogP contribution in [0.15, 0.2) is 0 Å². The number of nitrogens with one attached hydrogen (secondary N) is 1. The monoisotopic (exact) mass is 278 g/mol. The first-order valence-corrected chi connectivity index (χ1v) is 7.84.